The number of hydrogen-bond donors (Lipinski definition) is 2. The topological polar surface area (TPSA) is 78.7 Å². The molecule has 2 fully saturated rings. The first-order valence-electron chi connectivity index (χ1n) is 9.62. The number of aryl methyl sites for hydroxylation is 1. The van der Waals surface area contributed by atoms with Crippen molar-refractivity contribution in [1.82, 2.24) is 15.1 Å². The standard InChI is InChI=1S/C20H30N4O2/c1-15-4-2-3-5-18(15)14-23-9-6-16(13-23)12-22-20(26)24-10-7-17(8-11-24)19(21)25/h2-5,16-17H,6-14H2,1H3,(H2,21,25)(H,22,26)/t16-/m1/s1. The summed E-state index contributed by atoms with van der Waals surface area (Å²) in [6, 6.07) is 8.51. The number of carbonyl (C=O) groups excluding carboxylic acids is 2. The molecule has 1 atom stereocenters. The van der Waals surface area contributed by atoms with E-state index in [0.717, 1.165) is 32.6 Å². The molecular weight excluding hydrogens is 328 g/mol. The van der Waals surface area contributed by atoms with E-state index in [-0.39, 0.29) is 17.9 Å². The van der Waals surface area contributed by atoms with Gasteiger partial charge in [0.2, 0.25) is 5.91 Å². The quantitative estimate of drug-likeness (QED) is 0.841. The molecule has 6 heteroatoms. The number of carbonyl (C=O) groups is 2. The molecule has 2 heterocycles. The Kier molecular flexibility index (Phi) is 6.14. The monoisotopic (exact) mass is 358 g/mol. The van der Waals surface area contributed by atoms with E-state index < -0.39 is 0 Å². The minimum atomic E-state index is -0.246. The number of rotatable bonds is 5. The zero-order valence-corrected chi connectivity index (χ0v) is 15.6. The molecule has 6 nitrogen and oxygen atoms in total. The molecule has 2 saturated heterocycles. The largest absolute Gasteiger partial charge is 0.369 e. The van der Waals surface area contributed by atoms with Crippen molar-refractivity contribution < 1.29 is 9.59 Å². The zero-order chi connectivity index (χ0) is 18.5. The third-order valence-electron chi connectivity index (χ3n) is 5.75. The summed E-state index contributed by atoms with van der Waals surface area (Å²) in [6.07, 6.45) is 2.47. The Morgan fingerprint density at radius 3 is 2.58 bits per heavy atom. The van der Waals surface area contributed by atoms with Crippen LogP contribution in [-0.4, -0.2) is 54.5 Å². The van der Waals surface area contributed by atoms with Crippen LogP contribution in [0.1, 0.15) is 30.4 Å². The molecule has 0 bridgehead atoms. The van der Waals surface area contributed by atoms with E-state index in [2.05, 4.69) is 41.4 Å². The number of nitrogens with two attached hydrogens (primary N) is 1. The molecule has 0 spiro atoms. The third-order valence-corrected chi connectivity index (χ3v) is 5.75. The van der Waals surface area contributed by atoms with Gasteiger partial charge >= 0.3 is 6.03 Å². The van der Waals surface area contributed by atoms with Crippen LogP contribution in [-0.2, 0) is 11.3 Å². The number of primary amides is 1. The minimum Gasteiger partial charge on any atom is -0.369 e. The second-order valence-corrected chi connectivity index (χ2v) is 7.67. The lowest BCUT2D eigenvalue weighted by Gasteiger charge is -2.31. The molecule has 0 radical (unpaired) electrons. The number of hydrogen-bond acceptors (Lipinski definition) is 3. The van der Waals surface area contributed by atoms with Crippen LogP contribution in [0.5, 0.6) is 0 Å². The first kappa shape index (κ1) is 18.7. The Labute approximate surface area is 155 Å². The Hall–Kier alpha value is -2.08. The molecule has 1 aromatic rings. The van der Waals surface area contributed by atoms with Crippen molar-refractivity contribution in [3.63, 3.8) is 0 Å². The molecule has 0 aliphatic carbocycles. The highest BCUT2D eigenvalue weighted by Gasteiger charge is 2.27. The van der Waals surface area contributed by atoms with E-state index >= 15 is 0 Å². The van der Waals surface area contributed by atoms with E-state index in [9.17, 15) is 9.59 Å². The maximum absolute atomic E-state index is 12.3. The fourth-order valence-electron chi connectivity index (χ4n) is 3.96. The van der Waals surface area contributed by atoms with Crippen LogP contribution in [0.2, 0.25) is 0 Å². The van der Waals surface area contributed by atoms with Crippen molar-refractivity contribution in [2.75, 3.05) is 32.7 Å². The molecule has 1 aromatic carbocycles. The van der Waals surface area contributed by atoms with Crippen LogP contribution < -0.4 is 11.1 Å². The number of nitrogens with zero attached hydrogens (tertiary/aromatic N) is 2. The van der Waals surface area contributed by atoms with Crippen molar-refractivity contribution in [3.05, 3.63) is 35.4 Å². The van der Waals surface area contributed by atoms with Crippen molar-refractivity contribution in [3.8, 4) is 0 Å². The van der Waals surface area contributed by atoms with E-state index in [1.54, 1.807) is 4.90 Å². The normalized spacial score (nSPS) is 21.7. The number of piperidine rings is 1. The van der Waals surface area contributed by atoms with Crippen molar-refractivity contribution >= 4 is 11.9 Å². The average Bonchev–Trinajstić information content (AvgIpc) is 3.09. The lowest BCUT2D eigenvalue weighted by atomic mass is 9.96. The predicted octanol–water partition coefficient (Wildman–Crippen LogP) is 1.72. The number of urea groups is 1. The second kappa shape index (κ2) is 8.54. The van der Waals surface area contributed by atoms with Gasteiger partial charge in [-0.2, -0.15) is 0 Å². The summed E-state index contributed by atoms with van der Waals surface area (Å²) in [6.45, 7) is 7.20. The summed E-state index contributed by atoms with van der Waals surface area (Å²) < 4.78 is 0. The van der Waals surface area contributed by atoms with Crippen LogP contribution in [0.15, 0.2) is 24.3 Å². The van der Waals surface area contributed by atoms with Gasteiger partial charge in [-0.15, -0.1) is 0 Å². The summed E-state index contributed by atoms with van der Waals surface area (Å²) in [5, 5.41) is 3.08. The van der Waals surface area contributed by atoms with E-state index in [1.807, 2.05) is 0 Å². The lowest BCUT2D eigenvalue weighted by molar-refractivity contribution is -0.123. The number of amides is 3. The summed E-state index contributed by atoms with van der Waals surface area (Å²) in [4.78, 5) is 27.8. The van der Waals surface area contributed by atoms with Gasteiger partial charge < -0.3 is 16.0 Å². The number of benzene rings is 1. The highest BCUT2D eigenvalue weighted by molar-refractivity contribution is 5.78. The molecule has 3 amide bonds. The average molecular weight is 358 g/mol. The van der Waals surface area contributed by atoms with E-state index in [0.29, 0.717) is 31.8 Å². The van der Waals surface area contributed by atoms with Crippen molar-refractivity contribution in [2.24, 2.45) is 17.6 Å². The van der Waals surface area contributed by atoms with Crippen LogP contribution in [0.4, 0.5) is 4.79 Å². The SMILES string of the molecule is Cc1ccccc1CN1CC[C@H](CNC(=O)N2CCC(C(N)=O)CC2)C1. The molecule has 0 aromatic heterocycles. The maximum Gasteiger partial charge on any atom is 0.317 e. The van der Waals surface area contributed by atoms with Gasteiger partial charge in [0.05, 0.1) is 0 Å². The van der Waals surface area contributed by atoms with Gasteiger partial charge in [-0.3, -0.25) is 9.69 Å². The third kappa shape index (κ3) is 4.75. The Bertz CT molecular complexity index is 640. The molecule has 2 aliphatic heterocycles. The minimum absolute atomic E-state index is 0.00901. The summed E-state index contributed by atoms with van der Waals surface area (Å²) in [5.74, 6) is 0.180. The van der Waals surface area contributed by atoms with Crippen molar-refractivity contribution in [2.45, 2.75) is 32.7 Å². The van der Waals surface area contributed by atoms with Crippen molar-refractivity contribution in [1.29, 1.82) is 0 Å². The summed E-state index contributed by atoms with van der Waals surface area (Å²) in [7, 11) is 0. The Morgan fingerprint density at radius 1 is 1.15 bits per heavy atom. The van der Waals surface area contributed by atoms with Crippen LogP contribution in [0.3, 0.4) is 0 Å². The zero-order valence-electron chi connectivity index (χ0n) is 15.6. The van der Waals surface area contributed by atoms with E-state index in [1.165, 1.54) is 11.1 Å². The molecule has 0 saturated carbocycles. The fourth-order valence-corrected chi connectivity index (χ4v) is 3.96. The molecule has 0 unspecified atom stereocenters. The molecule has 142 valence electrons. The Morgan fingerprint density at radius 2 is 1.88 bits per heavy atom. The molecule has 26 heavy (non-hydrogen) atoms. The van der Waals surface area contributed by atoms with Gasteiger partial charge in [0.15, 0.2) is 0 Å². The van der Waals surface area contributed by atoms with E-state index in [4.69, 9.17) is 5.73 Å². The smallest absolute Gasteiger partial charge is 0.317 e. The van der Waals surface area contributed by atoms with Gasteiger partial charge in [-0.05, 0) is 49.8 Å². The highest BCUT2D eigenvalue weighted by atomic mass is 16.2. The van der Waals surface area contributed by atoms with Gasteiger partial charge in [0.25, 0.3) is 0 Å². The van der Waals surface area contributed by atoms with Crippen LogP contribution in [0.25, 0.3) is 0 Å². The molecule has 3 N–H and O–H groups in total. The van der Waals surface area contributed by atoms with Crippen LogP contribution in [0, 0.1) is 18.8 Å². The lowest BCUT2D eigenvalue weighted by Crippen LogP contribution is -2.47. The van der Waals surface area contributed by atoms with Crippen LogP contribution >= 0.6 is 0 Å². The first-order chi connectivity index (χ1) is 12.5. The Balaban J connectivity index is 1.39. The fraction of sp³-hybridized carbons (Fsp3) is 0.600. The summed E-state index contributed by atoms with van der Waals surface area (Å²) in [5.41, 5.74) is 8.07. The second-order valence-electron chi connectivity index (χ2n) is 7.67. The van der Waals surface area contributed by atoms with Gasteiger partial charge in [-0.25, -0.2) is 4.79 Å². The summed E-state index contributed by atoms with van der Waals surface area (Å²) >= 11 is 0. The molecule has 3 rings (SSSR count). The highest BCUT2D eigenvalue weighted by Crippen LogP contribution is 2.20. The molecular formula is C20H30N4O2. The van der Waals surface area contributed by atoms with Gasteiger partial charge in [0, 0.05) is 38.6 Å². The van der Waals surface area contributed by atoms with Gasteiger partial charge in [0.1, 0.15) is 0 Å². The number of nitrogens with one attached hydrogen (secondary N) is 1. The number of likely N-dealkylation sites (tertiary alicyclic amines) is 2. The maximum atomic E-state index is 12.3. The first-order valence-corrected chi connectivity index (χ1v) is 9.62. The predicted molar refractivity (Wildman–Crippen MR) is 101 cm³/mol. The molecule has 2 aliphatic rings. The van der Waals surface area contributed by atoms with Gasteiger partial charge in [-0.1, -0.05) is 24.3 Å².